The lowest BCUT2D eigenvalue weighted by Crippen LogP contribution is -2.31. The predicted molar refractivity (Wildman–Crippen MR) is 72.2 cm³/mol. The molecule has 7 nitrogen and oxygen atoms in total. The minimum atomic E-state index is -0.315. The van der Waals surface area contributed by atoms with E-state index < -0.39 is 0 Å². The van der Waals surface area contributed by atoms with Gasteiger partial charge in [0.1, 0.15) is 5.69 Å². The highest BCUT2D eigenvalue weighted by atomic mass is 16.2. The Morgan fingerprint density at radius 2 is 2.20 bits per heavy atom. The molecule has 2 aromatic heterocycles. The molecule has 1 N–H and O–H groups in total. The summed E-state index contributed by atoms with van der Waals surface area (Å²) in [5.74, 6) is -0.315. The molecule has 104 valence electrons. The van der Waals surface area contributed by atoms with Crippen LogP contribution in [0, 0.1) is 0 Å². The van der Waals surface area contributed by atoms with E-state index in [4.69, 9.17) is 0 Å². The van der Waals surface area contributed by atoms with E-state index in [0.717, 1.165) is 12.1 Å². The number of rotatable bonds is 5. The molecule has 0 radical (unpaired) electrons. The van der Waals surface area contributed by atoms with Crippen LogP contribution in [0.5, 0.6) is 0 Å². The first-order valence-electron chi connectivity index (χ1n) is 6.30. The molecule has 1 amide bonds. The maximum atomic E-state index is 11.7. The first kappa shape index (κ1) is 13.9. The minimum Gasteiger partial charge on any atom is -0.349 e. The number of nitrogens with zero attached hydrogens (tertiary/aromatic N) is 4. The highest BCUT2D eigenvalue weighted by Crippen LogP contribution is 1.91. The Morgan fingerprint density at radius 1 is 1.35 bits per heavy atom. The van der Waals surface area contributed by atoms with Crippen LogP contribution in [0.25, 0.3) is 0 Å². The number of nitrogens with one attached hydrogen (secondary N) is 1. The van der Waals surface area contributed by atoms with Crippen molar-refractivity contribution < 1.29 is 4.79 Å². The molecule has 0 aliphatic rings. The number of aryl methyl sites for hydroxylation is 1. The molecule has 0 atom stereocenters. The molecule has 0 saturated carbocycles. The van der Waals surface area contributed by atoms with Crippen molar-refractivity contribution in [2.45, 2.75) is 19.9 Å². The van der Waals surface area contributed by atoms with Crippen LogP contribution in [0.3, 0.4) is 0 Å². The van der Waals surface area contributed by atoms with E-state index in [1.165, 1.54) is 35.6 Å². The SMILES string of the molecule is CCc1cc(=O)n(CCNC(=O)c2cnccn2)cn1. The van der Waals surface area contributed by atoms with Gasteiger partial charge in [0.25, 0.3) is 11.5 Å². The fourth-order valence-corrected chi connectivity index (χ4v) is 1.62. The molecule has 2 heterocycles. The predicted octanol–water partition coefficient (Wildman–Crippen LogP) is 0.0257. The Kier molecular flexibility index (Phi) is 4.54. The quantitative estimate of drug-likeness (QED) is 0.829. The van der Waals surface area contributed by atoms with Gasteiger partial charge in [0, 0.05) is 37.2 Å². The molecule has 7 heteroatoms. The minimum absolute atomic E-state index is 0.120. The lowest BCUT2D eigenvalue weighted by Gasteiger charge is -2.07. The van der Waals surface area contributed by atoms with E-state index in [1.807, 2.05) is 6.92 Å². The molecule has 0 unspecified atom stereocenters. The lowest BCUT2D eigenvalue weighted by atomic mass is 10.3. The summed E-state index contributed by atoms with van der Waals surface area (Å²) in [5.41, 5.74) is 0.889. The normalized spacial score (nSPS) is 10.2. The largest absolute Gasteiger partial charge is 0.349 e. The van der Waals surface area contributed by atoms with Gasteiger partial charge in [-0.25, -0.2) is 9.97 Å². The van der Waals surface area contributed by atoms with E-state index >= 15 is 0 Å². The number of hydrogen-bond acceptors (Lipinski definition) is 5. The smallest absolute Gasteiger partial charge is 0.271 e. The Morgan fingerprint density at radius 3 is 2.85 bits per heavy atom. The molecule has 0 aliphatic heterocycles. The van der Waals surface area contributed by atoms with Crippen molar-refractivity contribution >= 4 is 5.91 Å². The van der Waals surface area contributed by atoms with Gasteiger partial charge in [0.05, 0.1) is 12.5 Å². The fourth-order valence-electron chi connectivity index (χ4n) is 1.62. The van der Waals surface area contributed by atoms with Gasteiger partial charge in [-0.05, 0) is 6.42 Å². The summed E-state index contributed by atoms with van der Waals surface area (Å²) in [7, 11) is 0. The van der Waals surface area contributed by atoms with Crippen molar-refractivity contribution in [3.63, 3.8) is 0 Å². The molecule has 2 rings (SSSR count). The topological polar surface area (TPSA) is 89.8 Å². The molecule has 0 saturated heterocycles. The van der Waals surface area contributed by atoms with Crippen LogP contribution in [-0.2, 0) is 13.0 Å². The zero-order valence-corrected chi connectivity index (χ0v) is 11.1. The molecular formula is C13H15N5O2. The average molecular weight is 273 g/mol. The van der Waals surface area contributed by atoms with Crippen molar-refractivity contribution in [1.29, 1.82) is 0 Å². The van der Waals surface area contributed by atoms with Crippen molar-refractivity contribution in [1.82, 2.24) is 24.8 Å². The second-order valence-electron chi connectivity index (χ2n) is 4.11. The maximum Gasteiger partial charge on any atom is 0.271 e. The van der Waals surface area contributed by atoms with Crippen LogP contribution in [0.2, 0.25) is 0 Å². The number of amides is 1. The zero-order valence-electron chi connectivity index (χ0n) is 11.1. The molecule has 0 bridgehead atoms. The van der Waals surface area contributed by atoms with Crippen LogP contribution < -0.4 is 10.9 Å². The van der Waals surface area contributed by atoms with Crippen molar-refractivity contribution in [2.75, 3.05) is 6.54 Å². The van der Waals surface area contributed by atoms with Crippen LogP contribution in [0.15, 0.2) is 35.8 Å². The molecule has 2 aromatic rings. The van der Waals surface area contributed by atoms with E-state index in [2.05, 4.69) is 20.3 Å². The summed E-state index contributed by atoms with van der Waals surface area (Å²) >= 11 is 0. The van der Waals surface area contributed by atoms with E-state index in [1.54, 1.807) is 0 Å². The Labute approximate surface area is 115 Å². The van der Waals surface area contributed by atoms with Crippen LogP contribution in [-0.4, -0.2) is 32.0 Å². The summed E-state index contributed by atoms with van der Waals surface area (Å²) in [6.07, 6.45) is 6.55. The highest BCUT2D eigenvalue weighted by molar-refractivity contribution is 5.91. The highest BCUT2D eigenvalue weighted by Gasteiger charge is 2.06. The van der Waals surface area contributed by atoms with Crippen molar-refractivity contribution in [2.24, 2.45) is 0 Å². The molecule has 20 heavy (non-hydrogen) atoms. The summed E-state index contributed by atoms with van der Waals surface area (Å²) in [4.78, 5) is 35.3. The third kappa shape index (κ3) is 3.47. The van der Waals surface area contributed by atoms with Gasteiger partial charge in [0.15, 0.2) is 0 Å². The molecule has 0 spiro atoms. The van der Waals surface area contributed by atoms with Crippen LogP contribution in [0.1, 0.15) is 23.1 Å². The Balaban J connectivity index is 1.90. The molecule has 0 fully saturated rings. The van der Waals surface area contributed by atoms with E-state index in [0.29, 0.717) is 13.1 Å². The van der Waals surface area contributed by atoms with Gasteiger partial charge in [-0.15, -0.1) is 0 Å². The number of carbonyl (C=O) groups is 1. The van der Waals surface area contributed by atoms with Crippen molar-refractivity contribution in [3.05, 3.63) is 52.7 Å². The maximum absolute atomic E-state index is 11.7. The standard InChI is InChI=1S/C13H15N5O2/c1-2-10-7-12(19)18(9-17-10)6-5-16-13(20)11-8-14-3-4-15-11/h3-4,7-9H,2,5-6H2,1H3,(H,16,20). The fraction of sp³-hybridized carbons (Fsp3) is 0.308. The third-order valence-corrected chi connectivity index (χ3v) is 2.73. The lowest BCUT2D eigenvalue weighted by molar-refractivity contribution is 0.0946. The second-order valence-corrected chi connectivity index (χ2v) is 4.11. The van der Waals surface area contributed by atoms with Crippen molar-refractivity contribution in [3.8, 4) is 0 Å². The zero-order chi connectivity index (χ0) is 14.4. The average Bonchev–Trinajstić information content (AvgIpc) is 2.49. The van der Waals surface area contributed by atoms with E-state index in [-0.39, 0.29) is 17.2 Å². The first-order chi connectivity index (χ1) is 9.70. The van der Waals surface area contributed by atoms with Gasteiger partial charge in [-0.2, -0.15) is 0 Å². The summed E-state index contributed by atoms with van der Waals surface area (Å²) in [5, 5.41) is 2.67. The van der Waals surface area contributed by atoms with E-state index in [9.17, 15) is 9.59 Å². The van der Waals surface area contributed by atoms with Gasteiger partial charge in [-0.3, -0.25) is 19.1 Å². The molecular weight excluding hydrogens is 258 g/mol. The van der Waals surface area contributed by atoms with Gasteiger partial charge in [-0.1, -0.05) is 6.92 Å². The first-order valence-corrected chi connectivity index (χ1v) is 6.30. The van der Waals surface area contributed by atoms with Crippen LogP contribution in [0.4, 0.5) is 0 Å². The molecule has 0 aromatic carbocycles. The number of hydrogen-bond donors (Lipinski definition) is 1. The monoisotopic (exact) mass is 273 g/mol. The summed E-state index contributed by atoms with van der Waals surface area (Å²) in [6.45, 7) is 2.62. The Bertz CT molecular complexity index is 639. The van der Waals surface area contributed by atoms with Gasteiger partial charge in [0.2, 0.25) is 0 Å². The second kappa shape index (κ2) is 6.55. The third-order valence-electron chi connectivity index (χ3n) is 2.73. The van der Waals surface area contributed by atoms with Gasteiger partial charge >= 0.3 is 0 Å². The van der Waals surface area contributed by atoms with Gasteiger partial charge < -0.3 is 5.32 Å². The Hall–Kier alpha value is -2.57. The summed E-state index contributed by atoms with van der Waals surface area (Å²) in [6, 6.07) is 1.50. The van der Waals surface area contributed by atoms with Crippen LogP contribution >= 0.6 is 0 Å². The molecule has 0 aliphatic carbocycles. The summed E-state index contributed by atoms with van der Waals surface area (Å²) < 4.78 is 1.45. The number of carbonyl (C=O) groups excluding carboxylic acids is 1. The number of aromatic nitrogens is 4.